The third-order valence-electron chi connectivity index (χ3n) is 4.42. The summed E-state index contributed by atoms with van der Waals surface area (Å²) in [6.07, 6.45) is 4.04. The minimum Gasteiger partial charge on any atom is -0.326 e. The van der Waals surface area contributed by atoms with E-state index in [9.17, 15) is 4.79 Å². The first-order valence-electron chi connectivity index (χ1n) is 8.48. The molecule has 5 nitrogen and oxygen atoms in total. The molecule has 0 bridgehead atoms. The van der Waals surface area contributed by atoms with Crippen LogP contribution in [-0.4, -0.2) is 33.9 Å². The van der Waals surface area contributed by atoms with Crippen molar-refractivity contribution in [2.24, 2.45) is 0 Å². The van der Waals surface area contributed by atoms with Gasteiger partial charge in [-0.05, 0) is 56.6 Å². The van der Waals surface area contributed by atoms with Gasteiger partial charge in [0.15, 0.2) is 0 Å². The maximum absolute atomic E-state index is 11.2. The highest BCUT2D eigenvalue weighted by atomic mass is 16.1. The Morgan fingerprint density at radius 3 is 2.79 bits per heavy atom. The van der Waals surface area contributed by atoms with E-state index in [0.29, 0.717) is 5.92 Å². The highest BCUT2D eigenvalue weighted by molar-refractivity contribution is 5.88. The lowest BCUT2D eigenvalue weighted by molar-refractivity contribution is -0.114. The Hall–Kier alpha value is -2.27. The van der Waals surface area contributed by atoms with Gasteiger partial charge < -0.3 is 5.32 Å². The Labute approximate surface area is 143 Å². The first kappa shape index (κ1) is 16.6. The highest BCUT2D eigenvalue weighted by Crippen LogP contribution is 2.26. The topological polar surface area (TPSA) is 58.1 Å². The van der Waals surface area contributed by atoms with Crippen LogP contribution in [0.3, 0.4) is 0 Å². The van der Waals surface area contributed by atoms with Gasteiger partial charge in [0.05, 0.1) is 0 Å². The molecule has 0 radical (unpaired) electrons. The van der Waals surface area contributed by atoms with Gasteiger partial charge in [-0.15, -0.1) is 0 Å². The van der Waals surface area contributed by atoms with Crippen LogP contribution in [0.4, 0.5) is 5.69 Å². The first-order valence-corrected chi connectivity index (χ1v) is 8.48. The summed E-state index contributed by atoms with van der Waals surface area (Å²) in [4.78, 5) is 22.7. The number of hydrogen-bond donors (Lipinski definition) is 1. The van der Waals surface area contributed by atoms with Crippen LogP contribution in [0.1, 0.15) is 42.8 Å². The van der Waals surface area contributed by atoms with E-state index in [1.54, 1.807) is 0 Å². The molecule has 0 atom stereocenters. The number of likely N-dealkylation sites (tertiary alicyclic amines) is 1. The van der Waals surface area contributed by atoms with E-state index in [-0.39, 0.29) is 5.91 Å². The number of aryl methyl sites for hydroxylation is 1. The van der Waals surface area contributed by atoms with Crippen molar-refractivity contribution in [3.8, 4) is 0 Å². The molecule has 5 heteroatoms. The molecule has 126 valence electrons. The summed E-state index contributed by atoms with van der Waals surface area (Å²) in [6.45, 7) is 6.56. The van der Waals surface area contributed by atoms with Gasteiger partial charge in [0, 0.05) is 37.0 Å². The molecule has 24 heavy (non-hydrogen) atoms. The van der Waals surface area contributed by atoms with E-state index in [0.717, 1.165) is 49.7 Å². The zero-order valence-electron chi connectivity index (χ0n) is 14.3. The zero-order chi connectivity index (χ0) is 16.9. The molecule has 1 aromatic heterocycles. The summed E-state index contributed by atoms with van der Waals surface area (Å²) in [6, 6.07) is 10.0. The number of nitrogens with one attached hydrogen (secondary N) is 1. The lowest BCUT2D eigenvalue weighted by atomic mass is 9.95. The standard InChI is InChI=1S/C19H24N4O/c1-14-6-9-20-19(21-14)17-7-10-23(11-8-17)13-16-4-3-5-18(12-16)22-15(2)24/h3-6,9,12,17H,7-8,10-11,13H2,1-2H3,(H,22,24). The van der Waals surface area contributed by atoms with Crippen LogP contribution in [0, 0.1) is 6.92 Å². The van der Waals surface area contributed by atoms with Gasteiger partial charge in [-0.25, -0.2) is 9.97 Å². The Balaban J connectivity index is 1.56. The molecular formula is C19H24N4O. The van der Waals surface area contributed by atoms with Gasteiger partial charge in [0.25, 0.3) is 0 Å². The molecule has 1 aliphatic rings. The fourth-order valence-corrected chi connectivity index (χ4v) is 3.22. The predicted octanol–water partition coefficient (Wildman–Crippen LogP) is 3.12. The minimum absolute atomic E-state index is 0.0360. The van der Waals surface area contributed by atoms with Crippen molar-refractivity contribution < 1.29 is 4.79 Å². The van der Waals surface area contributed by atoms with Crippen molar-refractivity contribution in [1.29, 1.82) is 0 Å². The van der Waals surface area contributed by atoms with Gasteiger partial charge in [-0.2, -0.15) is 0 Å². The first-order chi connectivity index (χ1) is 11.6. The predicted molar refractivity (Wildman–Crippen MR) is 94.8 cm³/mol. The quantitative estimate of drug-likeness (QED) is 0.939. The molecule has 1 fully saturated rings. The average molecular weight is 324 g/mol. The summed E-state index contributed by atoms with van der Waals surface area (Å²) < 4.78 is 0. The SMILES string of the molecule is CC(=O)Nc1cccc(CN2CCC(c3nccc(C)n3)CC2)c1. The van der Waals surface area contributed by atoms with Crippen molar-refractivity contribution in [3.63, 3.8) is 0 Å². The van der Waals surface area contributed by atoms with Crippen molar-refractivity contribution in [2.75, 3.05) is 18.4 Å². The molecule has 2 heterocycles. The van der Waals surface area contributed by atoms with Crippen molar-refractivity contribution in [1.82, 2.24) is 14.9 Å². The number of aromatic nitrogens is 2. The van der Waals surface area contributed by atoms with E-state index in [4.69, 9.17) is 0 Å². The molecule has 1 aliphatic heterocycles. The summed E-state index contributed by atoms with van der Waals surface area (Å²) in [5.41, 5.74) is 3.13. The summed E-state index contributed by atoms with van der Waals surface area (Å²) >= 11 is 0. The fraction of sp³-hybridized carbons (Fsp3) is 0.421. The maximum Gasteiger partial charge on any atom is 0.221 e. The van der Waals surface area contributed by atoms with Crippen molar-refractivity contribution >= 4 is 11.6 Å². The van der Waals surface area contributed by atoms with Crippen LogP contribution >= 0.6 is 0 Å². The van der Waals surface area contributed by atoms with Gasteiger partial charge in [0.1, 0.15) is 5.82 Å². The fourth-order valence-electron chi connectivity index (χ4n) is 3.22. The Bertz CT molecular complexity index is 708. The molecule has 0 aliphatic carbocycles. The number of hydrogen-bond acceptors (Lipinski definition) is 4. The summed E-state index contributed by atoms with van der Waals surface area (Å²) in [5, 5.41) is 2.84. The Kier molecular flexibility index (Phi) is 5.20. The number of rotatable bonds is 4. The van der Waals surface area contributed by atoms with Crippen LogP contribution in [0.2, 0.25) is 0 Å². The lowest BCUT2D eigenvalue weighted by Crippen LogP contribution is -2.33. The Morgan fingerprint density at radius 2 is 2.08 bits per heavy atom. The van der Waals surface area contributed by atoms with E-state index >= 15 is 0 Å². The second-order valence-corrected chi connectivity index (χ2v) is 6.49. The average Bonchev–Trinajstić information content (AvgIpc) is 2.55. The van der Waals surface area contributed by atoms with Crippen LogP contribution in [0.25, 0.3) is 0 Å². The molecule has 0 saturated carbocycles. The minimum atomic E-state index is -0.0360. The van der Waals surface area contributed by atoms with Crippen molar-refractivity contribution in [3.05, 3.63) is 53.6 Å². The monoisotopic (exact) mass is 324 g/mol. The third-order valence-corrected chi connectivity index (χ3v) is 4.42. The number of anilines is 1. The molecule has 1 aromatic carbocycles. The smallest absolute Gasteiger partial charge is 0.221 e. The van der Waals surface area contributed by atoms with Crippen LogP contribution < -0.4 is 5.32 Å². The van der Waals surface area contributed by atoms with Crippen molar-refractivity contribution in [2.45, 2.75) is 39.2 Å². The van der Waals surface area contributed by atoms with E-state index in [1.807, 2.05) is 31.3 Å². The molecule has 1 N–H and O–H groups in total. The van der Waals surface area contributed by atoms with Gasteiger partial charge in [-0.3, -0.25) is 9.69 Å². The Morgan fingerprint density at radius 1 is 1.29 bits per heavy atom. The second kappa shape index (κ2) is 7.53. The van der Waals surface area contributed by atoms with Gasteiger partial charge >= 0.3 is 0 Å². The molecule has 0 spiro atoms. The number of amides is 1. The molecule has 3 rings (SSSR count). The lowest BCUT2D eigenvalue weighted by Gasteiger charge is -2.31. The molecular weight excluding hydrogens is 300 g/mol. The number of piperidine rings is 1. The molecule has 1 amide bonds. The normalized spacial score (nSPS) is 16.1. The highest BCUT2D eigenvalue weighted by Gasteiger charge is 2.22. The zero-order valence-corrected chi connectivity index (χ0v) is 14.3. The largest absolute Gasteiger partial charge is 0.326 e. The molecule has 2 aromatic rings. The summed E-state index contributed by atoms with van der Waals surface area (Å²) in [7, 11) is 0. The van der Waals surface area contributed by atoms with E-state index in [2.05, 4.69) is 32.3 Å². The van der Waals surface area contributed by atoms with Crippen LogP contribution in [0.5, 0.6) is 0 Å². The van der Waals surface area contributed by atoms with Crippen LogP contribution in [0.15, 0.2) is 36.5 Å². The van der Waals surface area contributed by atoms with Gasteiger partial charge in [0.2, 0.25) is 5.91 Å². The van der Waals surface area contributed by atoms with Gasteiger partial charge in [-0.1, -0.05) is 12.1 Å². The van der Waals surface area contributed by atoms with Crippen LogP contribution in [-0.2, 0) is 11.3 Å². The number of benzene rings is 1. The van der Waals surface area contributed by atoms with E-state index < -0.39 is 0 Å². The maximum atomic E-state index is 11.2. The number of carbonyl (C=O) groups is 1. The number of carbonyl (C=O) groups excluding carboxylic acids is 1. The third kappa shape index (κ3) is 4.38. The van der Waals surface area contributed by atoms with E-state index in [1.165, 1.54) is 12.5 Å². The number of nitrogens with zero attached hydrogens (tertiary/aromatic N) is 3. The molecule has 0 unspecified atom stereocenters. The second-order valence-electron chi connectivity index (χ2n) is 6.49. The molecule has 1 saturated heterocycles. The summed E-state index contributed by atoms with van der Waals surface area (Å²) in [5.74, 6) is 1.42.